The molecule has 2 rings (SSSR count). The molecule has 1 atom stereocenters. The molecule has 0 spiro atoms. The van der Waals surface area contributed by atoms with Crippen molar-refractivity contribution in [1.82, 2.24) is 5.32 Å². The number of amides is 2. The number of anilines is 1. The Kier molecular flexibility index (Phi) is 5.06. The lowest BCUT2D eigenvalue weighted by Crippen LogP contribution is -2.31. The average Bonchev–Trinajstić information content (AvgIpc) is 2.49. The van der Waals surface area contributed by atoms with Gasteiger partial charge in [-0.25, -0.2) is 4.79 Å². The van der Waals surface area contributed by atoms with E-state index >= 15 is 0 Å². The smallest absolute Gasteiger partial charge is 0.319 e. The average molecular weight is 305 g/mol. The minimum absolute atomic E-state index is 0.108. The second-order valence-electron chi connectivity index (χ2n) is 4.60. The van der Waals surface area contributed by atoms with Gasteiger partial charge in [0.15, 0.2) is 0 Å². The van der Waals surface area contributed by atoms with Crippen LogP contribution in [0.4, 0.5) is 10.5 Å². The molecule has 110 valence electrons. The number of methoxy groups -OCH3 is 1. The van der Waals surface area contributed by atoms with Gasteiger partial charge in [-0.15, -0.1) is 0 Å². The molecule has 2 N–H and O–H groups in total. The predicted octanol–water partition coefficient (Wildman–Crippen LogP) is 4.23. The lowest BCUT2D eigenvalue weighted by Gasteiger charge is -2.15. The zero-order chi connectivity index (χ0) is 15.2. The van der Waals surface area contributed by atoms with Gasteiger partial charge in [0.1, 0.15) is 5.75 Å². The van der Waals surface area contributed by atoms with Crippen LogP contribution in [0.15, 0.2) is 48.5 Å². The van der Waals surface area contributed by atoms with Crippen molar-refractivity contribution < 1.29 is 9.53 Å². The highest BCUT2D eigenvalue weighted by atomic mass is 35.5. The fraction of sp³-hybridized carbons (Fsp3) is 0.188. The van der Waals surface area contributed by atoms with Crippen molar-refractivity contribution >= 4 is 23.3 Å². The Morgan fingerprint density at radius 2 is 1.71 bits per heavy atom. The van der Waals surface area contributed by atoms with Gasteiger partial charge in [0.05, 0.1) is 13.2 Å². The first-order valence-corrected chi connectivity index (χ1v) is 6.93. The topological polar surface area (TPSA) is 50.4 Å². The molecule has 0 aliphatic carbocycles. The Labute approximate surface area is 129 Å². The normalized spacial score (nSPS) is 11.6. The summed E-state index contributed by atoms with van der Waals surface area (Å²) in [7, 11) is 1.62. The van der Waals surface area contributed by atoms with Gasteiger partial charge in [0.2, 0.25) is 0 Å². The van der Waals surface area contributed by atoms with Crippen molar-refractivity contribution in [2.24, 2.45) is 0 Å². The Morgan fingerprint density at radius 1 is 1.10 bits per heavy atom. The number of ether oxygens (including phenoxy) is 1. The van der Waals surface area contributed by atoms with E-state index in [9.17, 15) is 4.79 Å². The maximum absolute atomic E-state index is 11.9. The standard InChI is InChI=1S/C16H17ClN2O2/c1-11(12-3-9-15(21-2)10-4-12)18-16(20)19-14-7-5-13(17)6-8-14/h3-11H,1-2H3,(H2,18,19,20)/t11-/m1/s1. The third-order valence-corrected chi connectivity index (χ3v) is 3.32. The van der Waals surface area contributed by atoms with Crippen molar-refractivity contribution in [2.75, 3.05) is 12.4 Å². The summed E-state index contributed by atoms with van der Waals surface area (Å²) >= 11 is 5.80. The van der Waals surface area contributed by atoms with Gasteiger partial charge in [-0.1, -0.05) is 23.7 Å². The minimum Gasteiger partial charge on any atom is -0.497 e. The predicted molar refractivity (Wildman–Crippen MR) is 85.0 cm³/mol. The first kappa shape index (κ1) is 15.2. The molecule has 0 aliphatic heterocycles. The molecule has 4 nitrogen and oxygen atoms in total. The zero-order valence-electron chi connectivity index (χ0n) is 11.9. The van der Waals surface area contributed by atoms with E-state index in [2.05, 4.69) is 10.6 Å². The molecule has 5 heteroatoms. The van der Waals surface area contributed by atoms with E-state index in [1.165, 1.54) is 0 Å². The number of urea groups is 1. The molecular weight excluding hydrogens is 288 g/mol. The molecule has 0 aromatic heterocycles. The quantitative estimate of drug-likeness (QED) is 0.888. The van der Waals surface area contributed by atoms with Crippen LogP contribution in [0.25, 0.3) is 0 Å². The second-order valence-corrected chi connectivity index (χ2v) is 5.04. The van der Waals surface area contributed by atoms with Crippen LogP contribution in [-0.4, -0.2) is 13.1 Å². The molecule has 0 unspecified atom stereocenters. The lowest BCUT2D eigenvalue weighted by molar-refractivity contribution is 0.249. The summed E-state index contributed by atoms with van der Waals surface area (Å²) in [4.78, 5) is 11.9. The molecule has 0 saturated carbocycles. The van der Waals surface area contributed by atoms with Gasteiger partial charge in [-0.3, -0.25) is 0 Å². The molecule has 21 heavy (non-hydrogen) atoms. The van der Waals surface area contributed by atoms with E-state index in [4.69, 9.17) is 16.3 Å². The SMILES string of the molecule is COc1ccc([C@@H](C)NC(=O)Nc2ccc(Cl)cc2)cc1. The summed E-state index contributed by atoms with van der Waals surface area (Å²) in [5.41, 5.74) is 1.70. The highest BCUT2D eigenvalue weighted by molar-refractivity contribution is 6.30. The third kappa shape index (κ3) is 4.39. The van der Waals surface area contributed by atoms with Gasteiger partial charge in [0.25, 0.3) is 0 Å². The molecule has 0 radical (unpaired) electrons. The maximum Gasteiger partial charge on any atom is 0.319 e. The Bertz CT molecular complexity index is 597. The first-order valence-electron chi connectivity index (χ1n) is 6.55. The summed E-state index contributed by atoms with van der Waals surface area (Å²) in [5, 5.41) is 6.26. The molecule has 0 bridgehead atoms. The number of nitrogens with one attached hydrogen (secondary N) is 2. The third-order valence-electron chi connectivity index (χ3n) is 3.07. The lowest BCUT2D eigenvalue weighted by atomic mass is 10.1. The van der Waals surface area contributed by atoms with E-state index in [-0.39, 0.29) is 12.1 Å². The van der Waals surface area contributed by atoms with Crippen LogP contribution in [0.5, 0.6) is 5.75 Å². The van der Waals surface area contributed by atoms with Gasteiger partial charge in [-0.2, -0.15) is 0 Å². The molecule has 0 heterocycles. The number of hydrogen-bond donors (Lipinski definition) is 2. The van der Waals surface area contributed by atoms with Crippen LogP contribution in [0.3, 0.4) is 0 Å². The number of carbonyl (C=O) groups excluding carboxylic acids is 1. The molecule has 2 aromatic rings. The van der Waals surface area contributed by atoms with Crippen molar-refractivity contribution in [3.05, 3.63) is 59.1 Å². The van der Waals surface area contributed by atoms with Crippen molar-refractivity contribution in [1.29, 1.82) is 0 Å². The molecule has 2 amide bonds. The van der Waals surface area contributed by atoms with E-state index in [1.807, 2.05) is 31.2 Å². The van der Waals surface area contributed by atoms with Gasteiger partial charge in [-0.05, 0) is 48.9 Å². The van der Waals surface area contributed by atoms with Crippen molar-refractivity contribution in [3.63, 3.8) is 0 Å². The van der Waals surface area contributed by atoms with E-state index in [0.29, 0.717) is 10.7 Å². The van der Waals surface area contributed by atoms with Crippen LogP contribution in [0, 0.1) is 0 Å². The van der Waals surface area contributed by atoms with Gasteiger partial charge < -0.3 is 15.4 Å². The maximum atomic E-state index is 11.9. The number of rotatable bonds is 4. The molecule has 0 aliphatic rings. The Balaban J connectivity index is 1.93. The van der Waals surface area contributed by atoms with Crippen LogP contribution >= 0.6 is 11.6 Å². The van der Waals surface area contributed by atoms with Crippen molar-refractivity contribution in [2.45, 2.75) is 13.0 Å². The molecule has 0 fully saturated rings. The van der Waals surface area contributed by atoms with Crippen LogP contribution in [0.2, 0.25) is 5.02 Å². The number of halogens is 1. The number of benzene rings is 2. The van der Waals surface area contributed by atoms with E-state index < -0.39 is 0 Å². The molecule has 0 saturated heterocycles. The zero-order valence-corrected chi connectivity index (χ0v) is 12.6. The monoisotopic (exact) mass is 304 g/mol. The summed E-state index contributed by atoms with van der Waals surface area (Å²) in [6.07, 6.45) is 0. The highest BCUT2D eigenvalue weighted by Crippen LogP contribution is 2.18. The summed E-state index contributed by atoms with van der Waals surface area (Å²) in [6.45, 7) is 1.92. The van der Waals surface area contributed by atoms with E-state index in [0.717, 1.165) is 11.3 Å². The Hall–Kier alpha value is -2.20. The summed E-state index contributed by atoms with van der Waals surface area (Å²) < 4.78 is 5.11. The number of hydrogen-bond acceptors (Lipinski definition) is 2. The van der Waals surface area contributed by atoms with Gasteiger partial charge in [0, 0.05) is 10.7 Å². The summed E-state index contributed by atoms with van der Waals surface area (Å²) in [5.74, 6) is 0.788. The van der Waals surface area contributed by atoms with Crippen LogP contribution in [0.1, 0.15) is 18.5 Å². The second kappa shape index (κ2) is 6.99. The largest absolute Gasteiger partial charge is 0.497 e. The Morgan fingerprint density at radius 3 is 2.29 bits per heavy atom. The highest BCUT2D eigenvalue weighted by Gasteiger charge is 2.09. The number of carbonyl (C=O) groups is 1. The minimum atomic E-state index is -0.263. The molecular formula is C16H17ClN2O2. The van der Waals surface area contributed by atoms with Crippen LogP contribution < -0.4 is 15.4 Å². The van der Waals surface area contributed by atoms with Crippen LogP contribution in [-0.2, 0) is 0 Å². The van der Waals surface area contributed by atoms with Gasteiger partial charge >= 0.3 is 6.03 Å². The fourth-order valence-electron chi connectivity index (χ4n) is 1.87. The summed E-state index contributed by atoms with van der Waals surface area (Å²) in [6, 6.07) is 14.2. The molecule has 2 aromatic carbocycles. The van der Waals surface area contributed by atoms with Crippen molar-refractivity contribution in [3.8, 4) is 5.75 Å². The van der Waals surface area contributed by atoms with E-state index in [1.54, 1.807) is 31.4 Å². The first-order chi connectivity index (χ1) is 10.1. The fourth-order valence-corrected chi connectivity index (χ4v) is 2.00.